The lowest BCUT2D eigenvalue weighted by molar-refractivity contribution is -0.141. The first-order valence-electron chi connectivity index (χ1n) is 13.0. The first-order valence-corrected chi connectivity index (χ1v) is 15.2. The summed E-state index contributed by atoms with van der Waals surface area (Å²) in [5, 5.41) is 9.44. The molecule has 0 saturated carbocycles. The summed E-state index contributed by atoms with van der Waals surface area (Å²) in [6, 6.07) is 10.3. The van der Waals surface area contributed by atoms with Crippen molar-refractivity contribution >= 4 is 62.5 Å². The average molecular weight is 654 g/mol. The zero-order valence-corrected chi connectivity index (χ0v) is 25.4. The van der Waals surface area contributed by atoms with Gasteiger partial charge >= 0.3 is 11.9 Å². The Hall–Kier alpha value is -3.87. The highest BCUT2D eigenvalue weighted by Crippen LogP contribution is 2.41. The average Bonchev–Trinajstić information content (AvgIpc) is 2.94. The van der Waals surface area contributed by atoms with Crippen LogP contribution in [0.4, 0.5) is 10.1 Å². The Balaban J connectivity index is 1.77. The lowest BCUT2D eigenvalue weighted by Gasteiger charge is -2.35. The molecule has 1 aliphatic heterocycles. The van der Waals surface area contributed by atoms with Crippen LogP contribution in [0.1, 0.15) is 37.8 Å². The first-order chi connectivity index (χ1) is 20.4. The molecular formula is C29H27Cl2FN2O8S. The first kappa shape index (κ1) is 32.1. The van der Waals surface area contributed by atoms with E-state index in [0.717, 1.165) is 4.31 Å². The zero-order valence-electron chi connectivity index (χ0n) is 23.1. The molecule has 0 amide bonds. The molecule has 228 valence electrons. The number of nitrogens with zero attached hydrogens (tertiary/aromatic N) is 2. The van der Waals surface area contributed by atoms with Crippen LogP contribution in [0.5, 0.6) is 11.6 Å². The van der Waals surface area contributed by atoms with Gasteiger partial charge in [0, 0.05) is 25.1 Å². The molecule has 1 aromatic heterocycles. The molecule has 10 nitrogen and oxygen atoms in total. The fraction of sp³-hybridized carbons (Fsp3) is 0.276. The van der Waals surface area contributed by atoms with Crippen molar-refractivity contribution in [1.82, 2.24) is 4.98 Å². The maximum atomic E-state index is 14.5. The number of hydrogen-bond donors (Lipinski definition) is 1. The number of carbonyl (C=O) groups is 2. The van der Waals surface area contributed by atoms with Gasteiger partial charge in [-0.1, -0.05) is 41.4 Å². The van der Waals surface area contributed by atoms with Crippen LogP contribution < -0.4 is 13.8 Å². The summed E-state index contributed by atoms with van der Waals surface area (Å²) in [5.41, 5.74) is 1.37. The standard InChI is InChI=1S/C29H27Cl2FN2O8S/c1-17(28-22(31)4-3-5-23(28)32)12-19-6-8-25-24(13-19)34(16-21(42-25)7-9-27(36)37)43(38,39)26-14-20(30)15-33-29(26)41-11-10-40-18(2)35/h3-6,8,12-15,21H,7,9-11,16H2,1-2H3,(H,36,37)/b17-12+/t21-/m0/s1. The number of fused-ring (bicyclic) bond motifs is 1. The number of carboxylic acids is 1. The van der Waals surface area contributed by atoms with Crippen molar-refractivity contribution < 1.29 is 41.7 Å². The summed E-state index contributed by atoms with van der Waals surface area (Å²) in [7, 11) is -4.44. The van der Waals surface area contributed by atoms with E-state index in [1.54, 1.807) is 37.3 Å². The minimum Gasteiger partial charge on any atom is -0.486 e. The number of halogens is 3. The second-order valence-electron chi connectivity index (χ2n) is 9.50. The highest BCUT2D eigenvalue weighted by atomic mass is 35.5. The predicted molar refractivity (Wildman–Crippen MR) is 159 cm³/mol. The van der Waals surface area contributed by atoms with Crippen LogP contribution in [-0.2, 0) is 24.3 Å². The molecule has 0 bridgehead atoms. The number of anilines is 1. The van der Waals surface area contributed by atoms with Crippen molar-refractivity contribution in [3.63, 3.8) is 0 Å². The zero-order chi connectivity index (χ0) is 31.3. The van der Waals surface area contributed by atoms with Crippen LogP contribution in [0.3, 0.4) is 0 Å². The van der Waals surface area contributed by atoms with E-state index in [4.69, 9.17) is 37.4 Å². The number of carbonyl (C=O) groups excluding carboxylic acids is 1. The van der Waals surface area contributed by atoms with Crippen molar-refractivity contribution in [1.29, 1.82) is 0 Å². The van der Waals surface area contributed by atoms with E-state index < -0.39 is 33.9 Å². The second-order valence-corrected chi connectivity index (χ2v) is 12.2. The third-order valence-corrected chi connectivity index (χ3v) is 8.61. The van der Waals surface area contributed by atoms with Crippen LogP contribution in [0.15, 0.2) is 53.6 Å². The van der Waals surface area contributed by atoms with E-state index in [0.29, 0.717) is 11.1 Å². The Morgan fingerprint density at radius 2 is 1.95 bits per heavy atom. The number of sulfonamides is 1. The predicted octanol–water partition coefficient (Wildman–Crippen LogP) is 5.85. The Morgan fingerprint density at radius 1 is 1.19 bits per heavy atom. The van der Waals surface area contributed by atoms with Gasteiger partial charge in [-0.05, 0) is 54.8 Å². The maximum absolute atomic E-state index is 14.5. The minimum atomic E-state index is -4.44. The van der Waals surface area contributed by atoms with E-state index in [-0.39, 0.29) is 70.4 Å². The molecule has 0 saturated heterocycles. The van der Waals surface area contributed by atoms with Crippen molar-refractivity contribution in [3.05, 3.63) is 75.7 Å². The minimum absolute atomic E-state index is 0.0240. The highest BCUT2D eigenvalue weighted by Gasteiger charge is 2.37. The Morgan fingerprint density at radius 3 is 2.65 bits per heavy atom. The lowest BCUT2D eigenvalue weighted by atomic mass is 10.0. The van der Waals surface area contributed by atoms with Gasteiger partial charge in [0.05, 0.1) is 22.3 Å². The fourth-order valence-electron chi connectivity index (χ4n) is 4.42. The van der Waals surface area contributed by atoms with E-state index in [1.165, 1.54) is 31.3 Å². The number of benzene rings is 2. The van der Waals surface area contributed by atoms with Gasteiger partial charge in [-0.15, -0.1) is 0 Å². The Labute approximate surface area is 257 Å². The maximum Gasteiger partial charge on any atom is 0.303 e. The molecule has 0 spiro atoms. The van der Waals surface area contributed by atoms with Gasteiger partial charge < -0.3 is 19.3 Å². The number of ether oxygens (including phenoxy) is 3. The lowest BCUT2D eigenvalue weighted by Crippen LogP contribution is -2.44. The fourth-order valence-corrected chi connectivity index (χ4v) is 6.57. The Kier molecular flexibility index (Phi) is 10.2. The third kappa shape index (κ3) is 7.75. The molecule has 0 unspecified atom stereocenters. The molecule has 3 aromatic rings. The van der Waals surface area contributed by atoms with Crippen LogP contribution in [-0.4, -0.2) is 56.3 Å². The van der Waals surface area contributed by atoms with Crippen molar-refractivity contribution in [2.45, 2.75) is 37.7 Å². The van der Waals surface area contributed by atoms with Crippen LogP contribution >= 0.6 is 23.2 Å². The van der Waals surface area contributed by atoms with Gasteiger partial charge in [0.2, 0.25) is 5.88 Å². The normalized spacial score (nSPS) is 15.0. The molecule has 4 rings (SSSR count). The molecule has 0 radical (unpaired) electrons. The van der Waals surface area contributed by atoms with Crippen LogP contribution in [0, 0.1) is 5.82 Å². The number of carboxylic acid groups (broad SMARTS) is 1. The molecule has 2 heterocycles. The van der Waals surface area contributed by atoms with E-state index in [1.807, 2.05) is 0 Å². The summed E-state index contributed by atoms with van der Waals surface area (Å²) >= 11 is 12.4. The molecule has 43 heavy (non-hydrogen) atoms. The van der Waals surface area contributed by atoms with Gasteiger partial charge in [-0.2, -0.15) is 0 Å². The molecule has 1 N–H and O–H groups in total. The van der Waals surface area contributed by atoms with E-state index >= 15 is 0 Å². The summed E-state index contributed by atoms with van der Waals surface area (Å²) in [4.78, 5) is 26.0. The second kappa shape index (κ2) is 13.6. The van der Waals surface area contributed by atoms with Gasteiger partial charge in [-0.25, -0.2) is 17.8 Å². The van der Waals surface area contributed by atoms with Gasteiger partial charge in [-0.3, -0.25) is 13.9 Å². The molecule has 0 aliphatic carbocycles. The van der Waals surface area contributed by atoms with Crippen LogP contribution in [0.25, 0.3) is 11.6 Å². The van der Waals surface area contributed by atoms with Gasteiger partial charge in [0.1, 0.15) is 30.9 Å². The Bertz CT molecular complexity index is 1660. The number of esters is 1. The molecule has 1 aliphatic rings. The topological polar surface area (TPSA) is 132 Å². The quantitative estimate of drug-likeness (QED) is 0.154. The number of pyridine rings is 1. The molecule has 1 atom stereocenters. The van der Waals surface area contributed by atoms with Crippen molar-refractivity contribution in [2.24, 2.45) is 0 Å². The summed E-state index contributed by atoms with van der Waals surface area (Å²) < 4.78 is 60.4. The number of aromatic nitrogens is 1. The largest absolute Gasteiger partial charge is 0.486 e. The highest BCUT2D eigenvalue weighted by molar-refractivity contribution is 7.93. The van der Waals surface area contributed by atoms with Gasteiger partial charge in [0.25, 0.3) is 10.0 Å². The molecule has 14 heteroatoms. The van der Waals surface area contributed by atoms with Gasteiger partial charge in [0.15, 0.2) is 4.90 Å². The van der Waals surface area contributed by atoms with E-state index in [2.05, 4.69) is 4.98 Å². The number of rotatable bonds is 11. The smallest absolute Gasteiger partial charge is 0.303 e. The van der Waals surface area contributed by atoms with Crippen molar-refractivity contribution in [2.75, 3.05) is 24.1 Å². The summed E-state index contributed by atoms with van der Waals surface area (Å²) in [6.07, 6.45) is 1.85. The summed E-state index contributed by atoms with van der Waals surface area (Å²) in [6.45, 7) is 2.35. The number of allylic oxidation sites excluding steroid dienone is 1. The number of hydrogen-bond acceptors (Lipinski definition) is 8. The molecule has 0 fully saturated rings. The van der Waals surface area contributed by atoms with Crippen LogP contribution in [0.2, 0.25) is 10.0 Å². The van der Waals surface area contributed by atoms with Crippen molar-refractivity contribution in [3.8, 4) is 11.6 Å². The van der Waals surface area contributed by atoms with E-state index in [9.17, 15) is 27.5 Å². The third-order valence-electron chi connectivity index (χ3n) is 6.32. The number of aliphatic carboxylic acids is 1. The summed E-state index contributed by atoms with van der Waals surface area (Å²) in [5.74, 6) is -2.18. The molecular weight excluding hydrogens is 626 g/mol. The molecule has 2 aromatic carbocycles. The monoisotopic (exact) mass is 652 g/mol. The SMILES string of the molecule is CC(=O)OCCOc1ncc(Cl)cc1S(=O)(=O)N1C[C@H](CCC(=O)O)Oc2ccc(/C=C(\C)c3c(F)cccc3Cl)cc21.